The Morgan fingerprint density at radius 3 is 1.64 bits per heavy atom. The van der Waals surface area contributed by atoms with Crippen LogP contribution in [0.3, 0.4) is 0 Å². The molecule has 1 unspecified atom stereocenters. The van der Waals surface area contributed by atoms with Crippen molar-refractivity contribution in [2.75, 3.05) is 19.8 Å². The first-order valence-electron chi connectivity index (χ1n) is 22.9. The first kappa shape index (κ1) is 57.6. The molecule has 0 aliphatic rings. The second-order valence-electron chi connectivity index (χ2n) is 15.2. The van der Waals surface area contributed by atoms with E-state index < -0.39 is 57.7 Å². The van der Waals surface area contributed by atoms with Crippen LogP contribution >= 0.6 is 7.82 Å². The zero-order chi connectivity index (χ0) is 45.1. The fourth-order valence-corrected chi connectivity index (χ4v) is 6.53. The van der Waals surface area contributed by atoms with Gasteiger partial charge in [-0.2, -0.15) is 0 Å². The van der Waals surface area contributed by atoms with Gasteiger partial charge in [0.25, 0.3) is 0 Å². The number of ether oxygens (including phenoxy) is 2. The van der Waals surface area contributed by atoms with E-state index in [4.69, 9.17) is 24.8 Å². The van der Waals surface area contributed by atoms with Crippen molar-refractivity contribution >= 4 is 31.5 Å². The van der Waals surface area contributed by atoms with E-state index in [-0.39, 0.29) is 18.6 Å². The molecule has 0 aromatic heterocycles. The summed E-state index contributed by atoms with van der Waals surface area (Å²) < 4.78 is 32.6. The fraction of sp³-hybridized carbons (Fsp3) is 0.667. The lowest BCUT2D eigenvalue weighted by Crippen LogP contribution is -2.34. The molecule has 4 N–H and O–H groups in total. The van der Waals surface area contributed by atoms with Gasteiger partial charge in [-0.3, -0.25) is 28.2 Å². The largest absolute Gasteiger partial charge is 0.480 e. The predicted octanol–water partition coefficient (Wildman–Crippen LogP) is 11.7. The van der Waals surface area contributed by atoms with Crippen LogP contribution in [0.2, 0.25) is 0 Å². The van der Waals surface area contributed by atoms with E-state index in [1.165, 1.54) is 51.4 Å². The van der Waals surface area contributed by atoms with Crippen LogP contribution < -0.4 is 5.73 Å². The van der Waals surface area contributed by atoms with Crippen LogP contribution in [0.15, 0.2) is 72.9 Å². The number of rotatable bonds is 42. The second kappa shape index (κ2) is 41.9. The molecule has 0 radical (unpaired) electrons. The Morgan fingerprint density at radius 2 is 1.03 bits per heavy atom. The van der Waals surface area contributed by atoms with Crippen LogP contribution in [0, 0.1) is 0 Å². The Balaban J connectivity index is 4.47. The molecule has 0 saturated heterocycles. The quantitative estimate of drug-likeness (QED) is 0.0132. The minimum absolute atomic E-state index is 0.116. The lowest BCUT2D eigenvalue weighted by Gasteiger charge is -2.20. The molecule has 0 heterocycles. The van der Waals surface area contributed by atoms with E-state index in [1.54, 1.807) is 12.2 Å². The molecular formula is C48H80NO11P. The van der Waals surface area contributed by atoms with Crippen molar-refractivity contribution in [3.63, 3.8) is 0 Å². The number of esters is 2. The van der Waals surface area contributed by atoms with Crippen molar-refractivity contribution < 1.29 is 52.3 Å². The molecule has 0 amide bonds. The summed E-state index contributed by atoms with van der Waals surface area (Å²) in [6, 6.07) is -1.54. The van der Waals surface area contributed by atoms with Gasteiger partial charge in [0.2, 0.25) is 0 Å². The van der Waals surface area contributed by atoms with Crippen LogP contribution in [0.1, 0.15) is 174 Å². The number of hydrogen-bond donors (Lipinski definition) is 3. The number of aliphatic carboxylic acids is 1. The topological polar surface area (TPSA) is 189 Å². The maximum absolute atomic E-state index is 12.7. The average molecular weight is 878 g/mol. The van der Waals surface area contributed by atoms with Gasteiger partial charge in [0, 0.05) is 19.3 Å². The minimum Gasteiger partial charge on any atom is -0.480 e. The van der Waals surface area contributed by atoms with Crippen LogP contribution in [-0.4, -0.2) is 65.7 Å². The predicted molar refractivity (Wildman–Crippen MR) is 245 cm³/mol. The number of phosphoric ester groups is 1. The highest BCUT2D eigenvalue weighted by molar-refractivity contribution is 7.47. The Morgan fingerprint density at radius 1 is 0.557 bits per heavy atom. The van der Waals surface area contributed by atoms with Crippen LogP contribution in [-0.2, 0) is 42.3 Å². The summed E-state index contributed by atoms with van der Waals surface area (Å²) >= 11 is 0. The number of allylic oxidation sites excluding steroid dienone is 12. The SMILES string of the molecule is CCCCC/C=C\C/C=C\CCCCCCCCCCCC(=O)O[C@H](COC(=O)CCC/C=C\C/C=C\C/C=C\C=C\C(=O)CCCCC)COP(=O)(O)OC[C@H](N)C(=O)O. The summed E-state index contributed by atoms with van der Waals surface area (Å²) in [5.41, 5.74) is 5.33. The monoisotopic (exact) mass is 878 g/mol. The number of nitrogens with two attached hydrogens (primary N) is 1. The van der Waals surface area contributed by atoms with Crippen molar-refractivity contribution in [3.8, 4) is 0 Å². The van der Waals surface area contributed by atoms with E-state index in [1.807, 2.05) is 36.5 Å². The number of ketones is 1. The van der Waals surface area contributed by atoms with Crippen molar-refractivity contribution in [1.29, 1.82) is 0 Å². The van der Waals surface area contributed by atoms with Crippen LogP contribution in [0.4, 0.5) is 0 Å². The van der Waals surface area contributed by atoms with Crippen molar-refractivity contribution in [2.24, 2.45) is 5.73 Å². The zero-order valence-corrected chi connectivity index (χ0v) is 38.4. The fourth-order valence-electron chi connectivity index (χ4n) is 5.75. The van der Waals surface area contributed by atoms with Crippen molar-refractivity contribution in [2.45, 2.75) is 187 Å². The maximum Gasteiger partial charge on any atom is 0.472 e. The second-order valence-corrected chi connectivity index (χ2v) is 16.7. The Labute approximate surface area is 367 Å². The number of hydrogen-bond acceptors (Lipinski definition) is 10. The first-order valence-corrected chi connectivity index (χ1v) is 24.4. The molecule has 0 aromatic carbocycles. The molecule has 0 rings (SSSR count). The molecule has 0 aliphatic heterocycles. The molecule has 0 aliphatic carbocycles. The molecule has 0 fully saturated rings. The van der Waals surface area contributed by atoms with E-state index >= 15 is 0 Å². The third-order valence-electron chi connectivity index (χ3n) is 9.40. The number of phosphoric acid groups is 1. The highest BCUT2D eigenvalue weighted by Gasteiger charge is 2.28. The third-order valence-corrected chi connectivity index (χ3v) is 10.4. The Bertz CT molecular complexity index is 1370. The zero-order valence-electron chi connectivity index (χ0n) is 37.5. The molecule has 61 heavy (non-hydrogen) atoms. The van der Waals surface area contributed by atoms with Gasteiger partial charge in [0.15, 0.2) is 11.9 Å². The maximum atomic E-state index is 12.7. The minimum atomic E-state index is -4.75. The Hall–Kier alpha value is -3.41. The molecule has 12 nitrogen and oxygen atoms in total. The molecule has 0 spiro atoms. The van der Waals surface area contributed by atoms with Gasteiger partial charge >= 0.3 is 25.7 Å². The van der Waals surface area contributed by atoms with Gasteiger partial charge in [0.05, 0.1) is 13.2 Å². The number of carboxylic acid groups (broad SMARTS) is 1. The Kier molecular flexibility index (Phi) is 39.6. The normalized spacial score (nSPS) is 14.2. The van der Waals surface area contributed by atoms with Crippen LogP contribution in [0.25, 0.3) is 0 Å². The average Bonchev–Trinajstić information content (AvgIpc) is 3.23. The molecule has 0 aromatic rings. The smallest absolute Gasteiger partial charge is 0.472 e. The van der Waals surface area contributed by atoms with Crippen molar-refractivity contribution in [3.05, 3.63) is 72.9 Å². The molecule has 0 bridgehead atoms. The molecule has 3 atom stereocenters. The van der Waals surface area contributed by atoms with Gasteiger partial charge in [-0.05, 0) is 76.7 Å². The molecular weight excluding hydrogens is 797 g/mol. The lowest BCUT2D eigenvalue weighted by molar-refractivity contribution is -0.161. The van der Waals surface area contributed by atoms with Gasteiger partial charge in [0.1, 0.15) is 12.6 Å². The highest BCUT2D eigenvalue weighted by atomic mass is 31.2. The van der Waals surface area contributed by atoms with Gasteiger partial charge in [-0.1, -0.05) is 151 Å². The van der Waals surface area contributed by atoms with E-state index in [2.05, 4.69) is 42.7 Å². The summed E-state index contributed by atoms with van der Waals surface area (Å²) in [6.45, 7) is 2.54. The van der Waals surface area contributed by atoms with Gasteiger partial charge < -0.3 is 25.2 Å². The van der Waals surface area contributed by atoms with E-state index in [0.29, 0.717) is 25.7 Å². The van der Waals surface area contributed by atoms with Crippen molar-refractivity contribution in [1.82, 2.24) is 0 Å². The van der Waals surface area contributed by atoms with Gasteiger partial charge in [-0.15, -0.1) is 0 Å². The number of carbonyl (C=O) groups is 4. The van der Waals surface area contributed by atoms with Crippen LogP contribution in [0.5, 0.6) is 0 Å². The first-order chi connectivity index (χ1) is 29.5. The van der Waals surface area contributed by atoms with E-state index in [0.717, 1.165) is 70.6 Å². The summed E-state index contributed by atoms with van der Waals surface area (Å²) in [5.74, 6) is -2.35. The van der Waals surface area contributed by atoms with Gasteiger partial charge in [-0.25, -0.2) is 4.57 Å². The lowest BCUT2D eigenvalue weighted by atomic mass is 10.1. The molecule has 13 heteroatoms. The molecule has 348 valence electrons. The highest BCUT2D eigenvalue weighted by Crippen LogP contribution is 2.43. The molecule has 0 saturated carbocycles. The number of carboxylic acids is 1. The number of carbonyl (C=O) groups excluding carboxylic acids is 3. The third kappa shape index (κ3) is 41.7. The number of unbranched alkanes of at least 4 members (excludes halogenated alkanes) is 15. The standard InChI is InChI=1S/C48H80NO11P/c1-3-5-7-8-9-10-11-12-13-14-15-16-17-18-21-25-28-31-35-39-47(52)60-44(41-58-61(55,56)59-42-45(49)48(53)54)40-57-46(51)38-34-30-27-24-22-19-20-23-26-29-33-37-43(50)36-32-6-4-2/h9-10,12-13,19-20,24,26-27,29,33,37,44-45H,3-8,11,14-18,21-23,25,28,30-32,34-36,38-42,49H2,1-2H3,(H,53,54)(H,55,56)/b10-9-,13-12-,20-19-,27-24-,29-26-,37-33+/t44-,45+/m1/s1. The summed E-state index contributed by atoms with van der Waals surface area (Å²) in [7, 11) is -4.75. The summed E-state index contributed by atoms with van der Waals surface area (Å²) in [6.07, 6.45) is 46.6. The van der Waals surface area contributed by atoms with E-state index in [9.17, 15) is 28.6 Å². The summed E-state index contributed by atoms with van der Waals surface area (Å²) in [4.78, 5) is 57.7. The summed E-state index contributed by atoms with van der Waals surface area (Å²) in [5, 5.41) is 8.90.